The second-order valence-corrected chi connectivity index (χ2v) is 4.80. The van der Waals surface area contributed by atoms with E-state index in [1.807, 2.05) is 24.3 Å². The Morgan fingerprint density at radius 3 is 2.81 bits per heavy atom. The van der Waals surface area contributed by atoms with Gasteiger partial charge in [0, 0.05) is 16.7 Å². The molecule has 16 heavy (non-hydrogen) atoms. The van der Waals surface area contributed by atoms with Crippen molar-refractivity contribution in [3.63, 3.8) is 0 Å². The maximum atomic E-state index is 5.81. The van der Waals surface area contributed by atoms with Crippen molar-refractivity contribution in [2.45, 2.75) is 12.8 Å². The van der Waals surface area contributed by atoms with Crippen LogP contribution in [-0.2, 0) is 0 Å². The maximum absolute atomic E-state index is 5.81. The highest BCUT2D eigenvalue weighted by molar-refractivity contribution is 6.30. The summed E-state index contributed by atoms with van der Waals surface area (Å²) in [6.07, 6.45) is 6.85. The van der Waals surface area contributed by atoms with Crippen molar-refractivity contribution in [1.82, 2.24) is 0 Å². The lowest BCUT2D eigenvalue weighted by atomic mass is 9.74. The summed E-state index contributed by atoms with van der Waals surface area (Å²) in [5, 5.41) is 5.21. The zero-order valence-corrected chi connectivity index (χ0v) is 9.61. The van der Waals surface area contributed by atoms with E-state index < -0.39 is 0 Å². The van der Waals surface area contributed by atoms with Crippen LogP contribution < -0.4 is 5.43 Å². The van der Waals surface area contributed by atoms with Crippen molar-refractivity contribution in [3.8, 4) is 0 Å². The molecule has 0 unspecified atom stereocenters. The van der Waals surface area contributed by atoms with Gasteiger partial charge in [0.15, 0.2) is 0 Å². The lowest BCUT2D eigenvalue weighted by molar-refractivity contribution is 0.466. The molecule has 3 rings (SSSR count). The fourth-order valence-electron chi connectivity index (χ4n) is 2.32. The summed E-state index contributed by atoms with van der Waals surface area (Å²) in [5.41, 5.74) is 5.38. The van der Waals surface area contributed by atoms with Crippen LogP contribution in [0.3, 0.4) is 0 Å². The minimum atomic E-state index is 0.666. The summed E-state index contributed by atoms with van der Waals surface area (Å²) < 4.78 is 0. The number of hydrogen-bond acceptors (Lipinski definition) is 2. The average Bonchev–Trinajstić information content (AvgIpc) is 2.63. The number of allylic oxidation sites excluding steroid dienone is 2. The zero-order valence-electron chi connectivity index (χ0n) is 8.86. The van der Waals surface area contributed by atoms with E-state index in [9.17, 15) is 0 Å². The quantitative estimate of drug-likeness (QED) is 0.610. The molecule has 0 amide bonds. The van der Waals surface area contributed by atoms with Crippen molar-refractivity contribution in [1.29, 1.82) is 0 Å². The summed E-state index contributed by atoms with van der Waals surface area (Å²) >= 11 is 5.81. The van der Waals surface area contributed by atoms with E-state index in [1.165, 1.54) is 5.71 Å². The second-order valence-electron chi connectivity index (χ2n) is 4.36. The highest BCUT2D eigenvalue weighted by Crippen LogP contribution is 2.40. The van der Waals surface area contributed by atoms with Gasteiger partial charge in [-0.15, -0.1) is 0 Å². The van der Waals surface area contributed by atoms with E-state index in [4.69, 9.17) is 11.6 Å². The fraction of sp³-hybridized carbons (Fsp3) is 0.308. The van der Waals surface area contributed by atoms with Crippen LogP contribution in [0.15, 0.2) is 41.5 Å². The van der Waals surface area contributed by atoms with Gasteiger partial charge in [0.1, 0.15) is 0 Å². The molecule has 0 bridgehead atoms. The van der Waals surface area contributed by atoms with Crippen LogP contribution in [0.5, 0.6) is 0 Å². The number of hydrogen-bond donors (Lipinski definition) is 1. The third-order valence-corrected chi connectivity index (χ3v) is 3.59. The first-order valence-electron chi connectivity index (χ1n) is 5.57. The first-order chi connectivity index (χ1) is 7.83. The Hall–Kier alpha value is -1.28. The molecule has 2 aliphatic rings. The van der Waals surface area contributed by atoms with Crippen molar-refractivity contribution in [2.75, 3.05) is 5.43 Å². The molecule has 0 heterocycles. The Bertz CT molecular complexity index is 448. The third kappa shape index (κ3) is 1.74. The molecular weight excluding hydrogens is 220 g/mol. The molecule has 0 aromatic heterocycles. The molecule has 1 saturated carbocycles. The first kappa shape index (κ1) is 9.91. The summed E-state index contributed by atoms with van der Waals surface area (Å²) in [6, 6.07) is 7.61. The number of halogens is 1. The van der Waals surface area contributed by atoms with Crippen LogP contribution in [0.1, 0.15) is 12.8 Å². The molecule has 1 N–H and O–H groups in total. The number of nitrogens with one attached hydrogen (secondary N) is 1. The Morgan fingerprint density at radius 2 is 2.06 bits per heavy atom. The Labute approximate surface area is 100 Å². The first-order valence-corrected chi connectivity index (χ1v) is 5.95. The summed E-state index contributed by atoms with van der Waals surface area (Å²) in [6.45, 7) is 0. The number of rotatable bonds is 2. The highest BCUT2D eigenvalue weighted by Gasteiger charge is 2.37. The Balaban J connectivity index is 1.64. The Kier molecular flexibility index (Phi) is 2.44. The van der Waals surface area contributed by atoms with Crippen molar-refractivity contribution in [2.24, 2.45) is 16.9 Å². The van der Waals surface area contributed by atoms with Crippen LogP contribution >= 0.6 is 11.6 Å². The molecule has 2 atom stereocenters. The van der Waals surface area contributed by atoms with Crippen LogP contribution in [-0.4, -0.2) is 5.71 Å². The predicted octanol–water partition coefficient (Wildman–Crippen LogP) is 3.70. The maximum Gasteiger partial charge on any atom is 0.0562 e. The number of nitrogens with zero attached hydrogens (tertiary/aromatic N) is 1. The lowest BCUT2D eigenvalue weighted by Crippen LogP contribution is -2.33. The van der Waals surface area contributed by atoms with Gasteiger partial charge in [-0.2, -0.15) is 5.10 Å². The molecule has 1 fully saturated rings. The van der Waals surface area contributed by atoms with Crippen molar-refractivity contribution in [3.05, 3.63) is 41.4 Å². The molecular formula is C13H13ClN2. The number of fused-ring (bicyclic) bond motifs is 1. The molecule has 0 spiro atoms. The van der Waals surface area contributed by atoms with Crippen molar-refractivity contribution >= 4 is 23.0 Å². The highest BCUT2D eigenvalue weighted by atomic mass is 35.5. The van der Waals surface area contributed by atoms with Crippen LogP contribution in [0, 0.1) is 11.8 Å². The van der Waals surface area contributed by atoms with Gasteiger partial charge >= 0.3 is 0 Å². The van der Waals surface area contributed by atoms with Crippen LogP contribution in [0.4, 0.5) is 5.69 Å². The summed E-state index contributed by atoms with van der Waals surface area (Å²) in [5.74, 6) is 1.42. The minimum Gasteiger partial charge on any atom is -0.279 e. The summed E-state index contributed by atoms with van der Waals surface area (Å²) in [7, 11) is 0. The summed E-state index contributed by atoms with van der Waals surface area (Å²) in [4.78, 5) is 0. The van der Waals surface area contributed by atoms with E-state index in [1.54, 1.807) is 0 Å². The largest absolute Gasteiger partial charge is 0.279 e. The smallest absolute Gasteiger partial charge is 0.0562 e. The molecule has 3 heteroatoms. The van der Waals surface area contributed by atoms with Crippen molar-refractivity contribution < 1.29 is 0 Å². The van der Waals surface area contributed by atoms with Crippen LogP contribution in [0.2, 0.25) is 5.02 Å². The molecule has 82 valence electrons. The fourth-order valence-corrected chi connectivity index (χ4v) is 2.45. The van der Waals surface area contributed by atoms with E-state index in [-0.39, 0.29) is 0 Å². The van der Waals surface area contributed by atoms with Gasteiger partial charge in [-0.25, -0.2) is 0 Å². The van der Waals surface area contributed by atoms with E-state index in [2.05, 4.69) is 22.7 Å². The van der Waals surface area contributed by atoms with Gasteiger partial charge in [-0.3, -0.25) is 5.43 Å². The SMILES string of the molecule is Clc1ccc(N/N=C2/C[C@H]3C=CC[C@@H]23)cc1. The number of anilines is 1. The molecule has 2 nitrogen and oxygen atoms in total. The van der Waals surface area contributed by atoms with Gasteiger partial charge in [0.05, 0.1) is 5.69 Å². The van der Waals surface area contributed by atoms with Gasteiger partial charge in [0.25, 0.3) is 0 Å². The molecule has 0 radical (unpaired) electrons. The minimum absolute atomic E-state index is 0.666. The average molecular weight is 233 g/mol. The second kappa shape index (κ2) is 3.95. The molecule has 1 aromatic carbocycles. The molecule has 2 aliphatic carbocycles. The lowest BCUT2D eigenvalue weighted by Gasteiger charge is -2.31. The third-order valence-electron chi connectivity index (χ3n) is 3.34. The number of hydrazone groups is 1. The van der Waals surface area contributed by atoms with Gasteiger partial charge in [-0.1, -0.05) is 23.8 Å². The normalized spacial score (nSPS) is 28.9. The van der Waals surface area contributed by atoms with E-state index in [0.29, 0.717) is 5.92 Å². The molecule has 1 aromatic rings. The predicted molar refractivity (Wildman–Crippen MR) is 67.9 cm³/mol. The topological polar surface area (TPSA) is 24.4 Å². The standard InChI is InChI=1S/C13H13ClN2/c14-10-4-6-11(7-5-10)15-16-13-8-9-2-1-3-12(9)13/h1-2,4-7,9,12,15H,3,8H2/b16-13-/t9-,12-/m1/s1. The zero-order chi connectivity index (χ0) is 11.0. The number of benzene rings is 1. The van der Waals surface area contributed by atoms with Gasteiger partial charge in [-0.05, 0) is 43.0 Å². The monoisotopic (exact) mass is 232 g/mol. The van der Waals surface area contributed by atoms with Gasteiger partial charge < -0.3 is 0 Å². The van der Waals surface area contributed by atoms with E-state index in [0.717, 1.165) is 29.5 Å². The van der Waals surface area contributed by atoms with Gasteiger partial charge in [0.2, 0.25) is 0 Å². The van der Waals surface area contributed by atoms with E-state index >= 15 is 0 Å². The molecule has 0 saturated heterocycles. The van der Waals surface area contributed by atoms with Crippen LogP contribution in [0.25, 0.3) is 0 Å². The Morgan fingerprint density at radius 1 is 1.25 bits per heavy atom. The molecule has 0 aliphatic heterocycles.